The lowest BCUT2D eigenvalue weighted by Gasteiger charge is -2.16. The highest BCUT2D eigenvalue weighted by Gasteiger charge is 2.40. The van der Waals surface area contributed by atoms with E-state index >= 15 is 0 Å². The summed E-state index contributed by atoms with van der Waals surface area (Å²) in [7, 11) is 0.981. The molecule has 0 aliphatic heterocycles. The summed E-state index contributed by atoms with van der Waals surface area (Å²) >= 11 is 17.6. The van der Waals surface area contributed by atoms with Crippen LogP contribution in [0.1, 0.15) is 15.9 Å². The molecule has 0 saturated carbocycles. The van der Waals surface area contributed by atoms with E-state index in [4.69, 9.17) is 34.8 Å². The highest BCUT2D eigenvalue weighted by molar-refractivity contribution is 6.49. The number of methoxy groups -OCH3 is 1. The number of benzene rings is 1. The molecule has 0 radical (unpaired) electrons. The topological polar surface area (TPSA) is 39.2 Å². The molecule has 0 fully saturated rings. The van der Waals surface area contributed by atoms with Crippen LogP contribution in [0.2, 0.25) is 15.1 Å². The van der Waals surface area contributed by atoms with Crippen molar-refractivity contribution >= 4 is 40.8 Å². The van der Waals surface area contributed by atoms with Gasteiger partial charge in [-0.2, -0.15) is 13.2 Å². The van der Waals surface area contributed by atoms with Gasteiger partial charge >= 0.3 is 12.1 Å². The molecular formula is C14H7Cl3F3NO2. The van der Waals surface area contributed by atoms with Crippen LogP contribution >= 0.6 is 34.8 Å². The second kappa shape index (κ2) is 6.55. The number of hydrogen-bond acceptors (Lipinski definition) is 3. The summed E-state index contributed by atoms with van der Waals surface area (Å²) in [6, 6.07) is 3.45. The second-order valence-corrected chi connectivity index (χ2v) is 5.46. The number of aromatic nitrogens is 1. The predicted octanol–water partition coefficient (Wildman–Crippen LogP) is 5.51. The molecule has 122 valence electrons. The molecule has 23 heavy (non-hydrogen) atoms. The van der Waals surface area contributed by atoms with Crippen LogP contribution in [-0.2, 0) is 10.9 Å². The predicted molar refractivity (Wildman–Crippen MR) is 81.0 cm³/mol. The number of pyridine rings is 1. The van der Waals surface area contributed by atoms with E-state index in [9.17, 15) is 18.0 Å². The quantitative estimate of drug-likeness (QED) is 0.506. The zero-order chi connectivity index (χ0) is 17.4. The Morgan fingerprint density at radius 1 is 1.13 bits per heavy atom. The molecular weight excluding hydrogens is 378 g/mol. The van der Waals surface area contributed by atoms with Crippen molar-refractivity contribution in [2.24, 2.45) is 0 Å². The maximum atomic E-state index is 13.5. The van der Waals surface area contributed by atoms with Crippen molar-refractivity contribution in [1.82, 2.24) is 4.98 Å². The third-order valence-corrected chi connectivity index (χ3v) is 4.22. The largest absolute Gasteiger partial charge is 0.465 e. The van der Waals surface area contributed by atoms with Crippen molar-refractivity contribution < 1.29 is 22.7 Å². The molecule has 0 N–H and O–H groups in total. The minimum Gasteiger partial charge on any atom is -0.465 e. The van der Waals surface area contributed by atoms with Gasteiger partial charge in [-0.1, -0.05) is 34.8 Å². The molecule has 0 amide bonds. The fourth-order valence-corrected chi connectivity index (χ4v) is 2.57. The minimum absolute atomic E-state index is 0.0816. The SMILES string of the molecule is COC(=O)c1ccnc(-c2ccc(Cl)c(Cl)c2Cl)c1C(F)(F)F. The van der Waals surface area contributed by atoms with Crippen molar-refractivity contribution in [2.75, 3.05) is 7.11 Å². The van der Waals surface area contributed by atoms with E-state index in [1.807, 2.05) is 0 Å². The number of carbonyl (C=O) groups excluding carboxylic acids is 1. The molecule has 0 saturated heterocycles. The van der Waals surface area contributed by atoms with Gasteiger partial charge in [0.15, 0.2) is 0 Å². The first-order chi connectivity index (χ1) is 10.7. The van der Waals surface area contributed by atoms with Crippen LogP contribution in [0.3, 0.4) is 0 Å². The summed E-state index contributed by atoms with van der Waals surface area (Å²) in [6.45, 7) is 0. The molecule has 9 heteroatoms. The molecule has 0 spiro atoms. The normalized spacial score (nSPS) is 11.4. The molecule has 0 aliphatic carbocycles. The lowest BCUT2D eigenvalue weighted by atomic mass is 10.0. The van der Waals surface area contributed by atoms with E-state index in [2.05, 4.69) is 9.72 Å². The smallest absolute Gasteiger partial charge is 0.419 e. The number of ether oxygens (including phenoxy) is 1. The number of nitrogens with zero attached hydrogens (tertiary/aromatic N) is 1. The molecule has 2 rings (SSSR count). The fraction of sp³-hybridized carbons (Fsp3) is 0.143. The number of esters is 1. The summed E-state index contributed by atoms with van der Waals surface area (Å²) in [5.74, 6) is -1.14. The van der Waals surface area contributed by atoms with Crippen LogP contribution in [-0.4, -0.2) is 18.1 Å². The lowest BCUT2D eigenvalue weighted by molar-refractivity contribution is -0.137. The number of carbonyl (C=O) groups is 1. The van der Waals surface area contributed by atoms with Crippen molar-refractivity contribution in [3.05, 3.63) is 50.6 Å². The van der Waals surface area contributed by atoms with Gasteiger partial charge in [0.2, 0.25) is 0 Å². The van der Waals surface area contributed by atoms with Crippen LogP contribution in [0, 0.1) is 0 Å². The third kappa shape index (κ3) is 3.39. The Hall–Kier alpha value is -1.50. The Balaban J connectivity index is 2.83. The first-order valence-electron chi connectivity index (χ1n) is 5.96. The van der Waals surface area contributed by atoms with Gasteiger partial charge in [-0.05, 0) is 18.2 Å². The first kappa shape index (κ1) is 17.8. The van der Waals surface area contributed by atoms with Gasteiger partial charge in [0.25, 0.3) is 0 Å². The van der Waals surface area contributed by atoms with E-state index in [1.165, 1.54) is 12.1 Å². The Morgan fingerprint density at radius 3 is 2.35 bits per heavy atom. The zero-order valence-corrected chi connectivity index (χ0v) is 13.6. The first-order valence-corrected chi connectivity index (χ1v) is 7.10. The maximum Gasteiger partial charge on any atom is 0.419 e. The molecule has 0 bridgehead atoms. The maximum absolute atomic E-state index is 13.5. The molecule has 1 heterocycles. The minimum atomic E-state index is -4.86. The lowest BCUT2D eigenvalue weighted by Crippen LogP contribution is -2.16. The Kier molecular flexibility index (Phi) is 5.08. The van der Waals surface area contributed by atoms with Crippen LogP contribution in [0.25, 0.3) is 11.3 Å². The fourth-order valence-electron chi connectivity index (χ4n) is 1.94. The highest BCUT2D eigenvalue weighted by Crippen LogP contribution is 2.43. The van der Waals surface area contributed by atoms with E-state index in [1.54, 1.807) is 0 Å². The molecule has 1 aromatic heterocycles. The third-order valence-electron chi connectivity index (χ3n) is 2.93. The molecule has 2 aromatic rings. The second-order valence-electron chi connectivity index (χ2n) is 4.29. The average molecular weight is 385 g/mol. The highest BCUT2D eigenvalue weighted by atomic mass is 35.5. The molecule has 1 aromatic carbocycles. The summed E-state index contributed by atoms with van der Waals surface area (Å²) in [6.07, 6.45) is -3.81. The van der Waals surface area contributed by atoms with E-state index in [-0.39, 0.29) is 20.6 Å². The van der Waals surface area contributed by atoms with Crippen LogP contribution in [0.15, 0.2) is 24.4 Å². The van der Waals surface area contributed by atoms with Crippen LogP contribution in [0.4, 0.5) is 13.2 Å². The van der Waals surface area contributed by atoms with Crippen molar-refractivity contribution in [3.8, 4) is 11.3 Å². The van der Waals surface area contributed by atoms with E-state index < -0.39 is 29.0 Å². The van der Waals surface area contributed by atoms with Crippen LogP contribution < -0.4 is 0 Å². The van der Waals surface area contributed by atoms with Gasteiger partial charge in [0.05, 0.1) is 39.0 Å². The standard InChI is InChI=1S/C14H7Cl3F3NO2/c1-23-13(22)6-4-5-21-12(9(6)14(18,19)20)7-2-3-8(15)11(17)10(7)16/h2-5H,1H3. The van der Waals surface area contributed by atoms with Crippen molar-refractivity contribution in [3.63, 3.8) is 0 Å². The summed E-state index contributed by atoms with van der Waals surface area (Å²) in [4.78, 5) is 15.4. The monoisotopic (exact) mass is 383 g/mol. The van der Waals surface area contributed by atoms with E-state index in [0.717, 1.165) is 19.4 Å². The number of alkyl halides is 3. The van der Waals surface area contributed by atoms with Gasteiger partial charge < -0.3 is 4.74 Å². The molecule has 0 unspecified atom stereocenters. The summed E-state index contributed by atoms with van der Waals surface area (Å²) in [5.41, 5.74) is -2.57. The summed E-state index contributed by atoms with van der Waals surface area (Å²) in [5, 5.41) is -0.221. The average Bonchev–Trinajstić information content (AvgIpc) is 2.50. The molecule has 3 nitrogen and oxygen atoms in total. The Bertz CT molecular complexity index is 779. The number of hydrogen-bond donors (Lipinski definition) is 0. The Morgan fingerprint density at radius 2 is 1.78 bits per heavy atom. The zero-order valence-electron chi connectivity index (χ0n) is 11.3. The van der Waals surface area contributed by atoms with Gasteiger partial charge in [0.1, 0.15) is 0 Å². The van der Waals surface area contributed by atoms with Crippen molar-refractivity contribution in [2.45, 2.75) is 6.18 Å². The molecule has 0 atom stereocenters. The number of rotatable bonds is 2. The van der Waals surface area contributed by atoms with Gasteiger partial charge in [-0.3, -0.25) is 4.98 Å². The van der Waals surface area contributed by atoms with Crippen molar-refractivity contribution in [1.29, 1.82) is 0 Å². The van der Waals surface area contributed by atoms with Gasteiger partial charge in [0, 0.05) is 11.8 Å². The Labute approximate surface area is 143 Å². The van der Waals surface area contributed by atoms with Crippen LogP contribution in [0.5, 0.6) is 0 Å². The van der Waals surface area contributed by atoms with E-state index in [0.29, 0.717) is 0 Å². The van der Waals surface area contributed by atoms with Gasteiger partial charge in [-0.15, -0.1) is 0 Å². The van der Waals surface area contributed by atoms with Gasteiger partial charge in [-0.25, -0.2) is 4.79 Å². The summed E-state index contributed by atoms with van der Waals surface area (Å²) < 4.78 is 44.7. The molecule has 0 aliphatic rings. The number of halogens is 6.